The molecule has 0 bridgehead atoms. The van der Waals surface area contributed by atoms with Gasteiger partial charge in [-0.05, 0) is 200 Å². The highest BCUT2D eigenvalue weighted by Crippen LogP contribution is 2.53. The zero-order valence-electron chi connectivity index (χ0n) is 61.5. The monoisotopic (exact) mass is 1440 g/mol. The number of hydrogen-bond acceptors (Lipinski definition) is 7. The summed E-state index contributed by atoms with van der Waals surface area (Å²) in [6.45, 7) is 4.70. The standard InChI is InChI=1S/C104H64N8O/c1-104(2)87-27-11-8-23-78(87)84-56-86-85-55-72(71-44-48-80-83(54-71)77-22-6-7-24-79(77)99(80)69-17-4-3-5-18-69)45-49-94(85)112(96(86)57-88(84)104)76-21-15-20-74(53-76)103-109-91(59-92(110-103)73-19-14-16-63(52-73)61-106)68-40-36-65(37-41-68)64-34-38-67(39-35-64)90-58-89(66-32-30-62(60-105)31-33-66)107-102(108-90)70-42-46-75(47-43-70)111-93-28-12-9-25-81(93)100-95(111)50-51-98-101(100)82-26-10-13-29-97(82)113-98/h3-59,99H,1-2H3. The van der Waals surface area contributed by atoms with Crippen molar-refractivity contribution in [3.05, 3.63) is 385 Å². The van der Waals surface area contributed by atoms with Gasteiger partial charge in [0.05, 0.1) is 68.1 Å². The summed E-state index contributed by atoms with van der Waals surface area (Å²) in [7, 11) is 0. The molecule has 9 nitrogen and oxygen atoms in total. The first kappa shape index (κ1) is 65.0. The lowest BCUT2D eigenvalue weighted by Gasteiger charge is -2.21. The Hall–Kier alpha value is -15.2. The first-order chi connectivity index (χ1) is 55.6. The number of para-hydroxylation sites is 2. The molecule has 9 heteroatoms. The molecule has 15 aromatic carbocycles. The van der Waals surface area contributed by atoms with Crippen LogP contribution in [-0.2, 0) is 5.41 Å². The minimum absolute atomic E-state index is 0.172. The van der Waals surface area contributed by atoms with Crippen LogP contribution in [0.2, 0.25) is 0 Å². The number of benzene rings is 15. The zero-order chi connectivity index (χ0) is 75.2. The fourth-order valence-electron chi connectivity index (χ4n) is 18.0. The molecule has 0 saturated carbocycles. The van der Waals surface area contributed by atoms with Gasteiger partial charge in [0, 0.05) is 88.4 Å². The van der Waals surface area contributed by atoms with Crippen molar-refractivity contribution in [2.45, 2.75) is 25.2 Å². The maximum absolute atomic E-state index is 10.2. The van der Waals surface area contributed by atoms with Crippen molar-refractivity contribution in [1.82, 2.24) is 29.1 Å². The van der Waals surface area contributed by atoms with Crippen LogP contribution >= 0.6 is 0 Å². The summed E-state index contributed by atoms with van der Waals surface area (Å²) >= 11 is 0. The van der Waals surface area contributed by atoms with Gasteiger partial charge in [-0.15, -0.1) is 0 Å². The van der Waals surface area contributed by atoms with Crippen LogP contribution in [0.1, 0.15) is 58.7 Å². The van der Waals surface area contributed by atoms with Crippen molar-refractivity contribution in [1.29, 1.82) is 10.5 Å². The van der Waals surface area contributed by atoms with Crippen molar-refractivity contribution in [3.8, 4) is 136 Å². The number of nitriles is 2. The minimum Gasteiger partial charge on any atom is -0.456 e. The Bertz CT molecular complexity index is 7460. The molecule has 22 rings (SSSR count). The molecule has 0 saturated heterocycles. The fourth-order valence-corrected chi connectivity index (χ4v) is 18.0. The molecular formula is C104H64N8O. The topological polar surface area (TPSA) is 122 Å². The summed E-state index contributed by atoms with van der Waals surface area (Å²) in [5.74, 6) is 1.31. The summed E-state index contributed by atoms with van der Waals surface area (Å²) in [5.41, 5.74) is 33.4. The molecule has 0 fully saturated rings. The maximum atomic E-state index is 10.2. The van der Waals surface area contributed by atoms with E-state index in [0.29, 0.717) is 28.5 Å². The van der Waals surface area contributed by atoms with E-state index in [1.807, 2.05) is 72.8 Å². The second-order valence-corrected chi connectivity index (χ2v) is 30.2. The molecule has 2 aliphatic carbocycles. The Labute approximate surface area is 651 Å². The molecule has 1 atom stereocenters. The summed E-state index contributed by atoms with van der Waals surface area (Å²) < 4.78 is 11.1. The summed E-state index contributed by atoms with van der Waals surface area (Å²) in [6.07, 6.45) is 0. The number of nitrogens with zero attached hydrogens (tertiary/aromatic N) is 8. The smallest absolute Gasteiger partial charge is 0.160 e. The lowest BCUT2D eigenvalue weighted by atomic mass is 9.82. The van der Waals surface area contributed by atoms with Gasteiger partial charge in [-0.3, -0.25) is 0 Å². The number of aromatic nitrogens is 6. The number of fused-ring (bicyclic) bond motifs is 16. The molecule has 1 unspecified atom stereocenters. The SMILES string of the molecule is CC1(C)c2ccccc2-c2cc3c4cc(-c5ccc6c(c5)-c5ccccc5C6c5ccccc5)ccc4n(-c4cccc(-c5nc(-c6ccc(-c7ccc(-c8cc(-c9ccc(C#N)cc9)nc(-c9ccc(-n%10c%11ccccc%11c%11c%12c(ccc%11%10)oc%10ccccc%10%12)cc9)n8)cc7)cc6)cc(-c6cccc(C#N)c6)n5)c4)c3cc21. The second kappa shape index (κ2) is 25.5. The Balaban J connectivity index is 0.607. The quantitative estimate of drug-likeness (QED) is 0.126. The van der Waals surface area contributed by atoms with Crippen molar-refractivity contribution < 1.29 is 4.42 Å². The van der Waals surface area contributed by atoms with E-state index in [-0.39, 0.29) is 11.3 Å². The van der Waals surface area contributed by atoms with Gasteiger partial charge in [0.1, 0.15) is 11.2 Å². The van der Waals surface area contributed by atoms with E-state index in [1.165, 1.54) is 66.4 Å². The molecule has 0 spiro atoms. The predicted molar refractivity (Wildman–Crippen MR) is 457 cm³/mol. The Kier molecular flexibility index (Phi) is 14.6. The first-order valence-electron chi connectivity index (χ1n) is 38.2. The van der Waals surface area contributed by atoms with Gasteiger partial charge in [0.2, 0.25) is 0 Å². The Morgan fingerprint density at radius 3 is 1.59 bits per heavy atom. The van der Waals surface area contributed by atoms with Gasteiger partial charge in [0.25, 0.3) is 0 Å². The van der Waals surface area contributed by atoms with E-state index < -0.39 is 0 Å². The molecule has 113 heavy (non-hydrogen) atoms. The highest BCUT2D eigenvalue weighted by molar-refractivity contribution is 6.27. The van der Waals surface area contributed by atoms with Crippen LogP contribution in [0.25, 0.3) is 189 Å². The van der Waals surface area contributed by atoms with Gasteiger partial charge in [-0.2, -0.15) is 10.5 Å². The van der Waals surface area contributed by atoms with E-state index in [2.05, 4.69) is 308 Å². The number of furan rings is 1. The highest BCUT2D eigenvalue weighted by atomic mass is 16.3. The molecular weight excluding hydrogens is 1380 g/mol. The average molecular weight is 1440 g/mol. The van der Waals surface area contributed by atoms with E-state index >= 15 is 0 Å². The van der Waals surface area contributed by atoms with Gasteiger partial charge in [0.15, 0.2) is 11.6 Å². The molecule has 5 aromatic heterocycles. The number of hydrogen-bond donors (Lipinski definition) is 0. The van der Waals surface area contributed by atoms with E-state index in [4.69, 9.17) is 24.4 Å². The molecule has 0 aliphatic heterocycles. The third-order valence-electron chi connectivity index (χ3n) is 23.5. The average Bonchev–Trinajstić information content (AvgIpc) is 1.55. The normalized spacial score (nSPS) is 13.2. The predicted octanol–water partition coefficient (Wildman–Crippen LogP) is 25.9. The van der Waals surface area contributed by atoms with Crippen molar-refractivity contribution >= 4 is 65.6 Å². The zero-order valence-corrected chi connectivity index (χ0v) is 61.5. The molecule has 0 amide bonds. The largest absolute Gasteiger partial charge is 0.456 e. The van der Waals surface area contributed by atoms with Crippen LogP contribution in [0.3, 0.4) is 0 Å². The highest BCUT2D eigenvalue weighted by Gasteiger charge is 2.37. The lowest BCUT2D eigenvalue weighted by Crippen LogP contribution is -2.14. The third-order valence-corrected chi connectivity index (χ3v) is 23.5. The van der Waals surface area contributed by atoms with Crippen LogP contribution in [-0.4, -0.2) is 29.1 Å². The van der Waals surface area contributed by atoms with Crippen molar-refractivity contribution in [2.75, 3.05) is 0 Å². The lowest BCUT2D eigenvalue weighted by molar-refractivity contribution is 0.661. The van der Waals surface area contributed by atoms with E-state index in [1.54, 1.807) is 0 Å². The van der Waals surface area contributed by atoms with Crippen LogP contribution in [0.15, 0.2) is 350 Å². The maximum Gasteiger partial charge on any atom is 0.160 e. The second-order valence-electron chi connectivity index (χ2n) is 30.2. The summed E-state index contributed by atoms with van der Waals surface area (Å²) in [5, 5.41) is 26.8. The van der Waals surface area contributed by atoms with Crippen LogP contribution in [0.4, 0.5) is 0 Å². The van der Waals surface area contributed by atoms with E-state index in [0.717, 1.165) is 133 Å². The van der Waals surface area contributed by atoms with Crippen LogP contribution in [0.5, 0.6) is 0 Å². The Morgan fingerprint density at radius 1 is 0.301 bits per heavy atom. The summed E-state index contributed by atoms with van der Waals surface area (Å²) in [6, 6.07) is 127. The van der Waals surface area contributed by atoms with Crippen molar-refractivity contribution in [2.24, 2.45) is 0 Å². The molecule has 20 aromatic rings. The molecule has 526 valence electrons. The molecule has 2 aliphatic rings. The fraction of sp³-hybridized carbons (Fsp3) is 0.0385. The van der Waals surface area contributed by atoms with Gasteiger partial charge >= 0.3 is 0 Å². The summed E-state index contributed by atoms with van der Waals surface area (Å²) in [4.78, 5) is 21.3. The number of rotatable bonds is 11. The minimum atomic E-state index is -0.227. The first-order valence-corrected chi connectivity index (χ1v) is 38.2. The van der Waals surface area contributed by atoms with Crippen LogP contribution < -0.4 is 0 Å². The van der Waals surface area contributed by atoms with Gasteiger partial charge < -0.3 is 13.6 Å². The Morgan fingerprint density at radius 2 is 0.850 bits per heavy atom. The van der Waals surface area contributed by atoms with Gasteiger partial charge in [-0.25, -0.2) is 19.9 Å². The van der Waals surface area contributed by atoms with Crippen molar-refractivity contribution in [3.63, 3.8) is 0 Å². The van der Waals surface area contributed by atoms with Gasteiger partial charge in [-0.1, -0.05) is 232 Å². The van der Waals surface area contributed by atoms with E-state index in [9.17, 15) is 10.5 Å². The third kappa shape index (κ3) is 10.5. The van der Waals surface area contributed by atoms with Crippen LogP contribution in [0, 0.1) is 22.7 Å². The molecule has 0 N–H and O–H groups in total. The molecule has 5 heterocycles. The molecule has 0 radical (unpaired) electrons.